The first-order valence-electron chi connectivity index (χ1n) is 10.4. The second kappa shape index (κ2) is 10.3. The molecule has 34 heavy (non-hydrogen) atoms. The number of nitrogens with zero attached hydrogens (tertiary/aromatic N) is 3. The molecule has 3 aromatic rings. The standard InChI is InChI=1S/C23H25N3O4S4/c1-15-5-11-18(12-6-15)34(28,29)26-14-13-25(21(26)16-7-9-17(30-2)10-8-16)22(27)19-20(31-3)24-33-23(19)32-4/h5-12,21H,13-14H2,1-4H3/t21-/m1/s1. The quantitative estimate of drug-likeness (QED) is 0.404. The first-order valence-corrected chi connectivity index (χ1v) is 15.1. The third-order valence-corrected chi connectivity index (χ3v) is 10.3. The van der Waals surface area contributed by atoms with Gasteiger partial charge in [0, 0.05) is 13.1 Å². The Labute approximate surface area is 212 Å². The summed E-state index contributed by atoms with van der Waals surface area (Å²) in [5.74, 6) is 0.439. The number of amides is 1. The van der Waals surface area contributed by atoms with Crippen molar-refractivity contribution in [3.05, 3.63) is 65.2 Å². The molecule has 1 atom stereocenters. The predicted molar refractivity (Wildman–Crippen MR) is 138 cm³/mol. The molecule has 0 saturated carbocycles. The average Bonchev–Trinajstić information content (AvgIpc) is 3.48. The molecule has 1 aliphatic heterocycles. The number of methoxy groups -OCH3 is 1. The lowest BCUT2D eigenvalue weighted by molar-refractivity contribution is 0.0687. The van der Waals surface area contributed by atoms with E-state index in [0.717, 1.165) is 9.77 Å². The van der Waals surface area contributed by atoms with Gasteiger partial charge < -0.3 is 9.64 Å². The van der Waals surface area contributed by atoms with Gasteiger partial charge in [0.1, 0.15) is 16.9 Å². The molecule has 2 heterocycles. The second-order valence-corrected chi connectivity index (χ2v) is 12.2. The maximum atomic E-state index is 13.8. The molecular weight excluding hydrogens is 511 g/mol. The Bertz CT molecular complexity index is 1250. The van der Waals surface area contributed by atoms with Crippen molar-refractivity contribution in [2.24, 2.45) is 0 Å². The summed E-state index contributed by atoms with van der Waals surface area (Å²) in [5.41, 5.74) is 2.21. The topological polar surface area (TPSA) is 79.8 Å². The van der Waals surface area contributed by atoms with Crippen molar-refractivity contribution in [3.63, 3.8) is 0 Å². The van der Waals surface area contributed by atoms with Gasteiger partial charge in [-0.15, -0.1) is 23.5 Å². The first kappa shape index (κ1) is 25.1. The Morgan fingerprint density at radius 2 is 1.74 bits per heavy atom. The number of carbonyl (C=O) groups is 1. The largest absolute Gasteiger partial charge is 0.497 e. The highest BCUT2D eigenvalue weighted by Crippen LogP contribution is 2.40. The number of aromatic nitrogens is 1. The number of hydrogen-bond acceptors (Lipinski definition) is 8. The second-order valence-electron chi connectivity index (χ2n) is 7.63. The Morgan fingerprint density at radius 3 is 2.32 bits per heavy atom. The van der Waals surface area contributed by atoms with Crippen molar-refractivity contribution in [1.29, 1.82) is 0 Å². The summed E-state index contributed by atoms with van der Waals surface area (Å²) in [7, 11) is -2.27. The number of ether oxygens (including phenoxy) is 1. The van der Waals surface area contributed by atoms with Crippen molar-refractivity contribution < 1.29 is 17.9 Å². The highest BCUT2D eigenvalue weighted by molar-refractivity contribution is 8.01. The zero-order chi connectivity index (χ0) is 24.5. The molecular formula is C23H25N3O4S4. The average molecular weight is 536 g/mol. The molecule has 1 saturated heterocycles. The smallest absolute Gasteiger partial charge is 0.260 e. The fourth-order valence-electron chi connectivity index (χ4n) is 3.90. The van der Waals surface area contributed by atoms with Gasteiger partial charge in [0.05, 0.1) is 21.8 Å². The number of sulfonamides is 1. The number of aryl methyl sites for hydroxylation is 1. The molecule has 1 amide bonds. The van der Waals surface area contributed by atoms with Crippen LogP contribution in [-0.2, 0) is 10.0 Å². The summed E-state index contributed by atoms with van der Waals surface area (Å²) in [6, 6.07) is 14.0. The van der Waals surface area contributed by atoms with Crippen LogP contribution in [0.15, 0.2) is 62.7 Å². The zero-order valence-corrected chi connectivity index (χ0v) is 22.5. The van der Waals surface area contributed by atoms with Crippen LogP contribution in [0.25, 0.3) is 0 Å². The van der Waals surface area contributed by atoms with E-state index in [-0.39, 0.29) is 23.9 Å². The summed E-state index contributed by atoms with van der Waals surface area (Å²) in [6.45, 7) is 2.38. The molecule has 1 aliphatic rings. The monoisotopic (exact) mass is 535 g/mol. The maximum Gasteiger partial charge on any atom is 0.260 e. The maximum absolute atomic E-state index is 13.8. The van der Waals surface area contributed by atoms with E-state index in [0.29, 0.717) is 21.9 Å². The van der Waals surface area contributed by atoms with Gasteiger partial charge in [-0.05, 0) is 60.8 Å². The summed E-state index contributed by atoms with van der Waals surface area (Å²) in [6.07, 6.45) is 3.01. The van der Waals surface area contributed by atoms with Crippen molar-refractivity contribution >= 4 is 51.0 Å². The van der Waals surface area contributed by atoms with Crippen molar-refractivity contribution in [2.75, 3.05) is 32.7 Å². The molecule has 4 rings (SSSR count). The highest BCUT2D eigenvalue weighted by Gasteiger charge is 2.44. The summed E-state index contributed by atoms with van der Waals surface area (Å²) >= 11 is 4.18. The van der Waals surface area contributed by atoms with E-state index in [9.17, 15) is 13.2 Å². The van der Waals surface area contributed by atoms with Gasteiger partial charge in [0.2, 0.25) is 10.0 Å². The van der Waals surface area contributed by atoms with Gasteiger partial charge in [0.15, 0.2) is 0 Å². The van der Waals surface area contributed by atoms with Crippen molar-refractivity contribution in [1.82, 2.24) is 13.6 Å². The third kappa shape index (κ3) is 4.59. The number of carbonyl (C=O) groups excluding carboxylic acids is 1. The molecule has 11 heteroatoms. The summed E-state index contributed by atoms with van der Waals surface area (Å²) in [5, 5.41) is 0.660. The van der Waals surface area contributed by atoms with E-state index in [4.69, 9.17) is 4.74 Å². The molecule has 7 nitrogen and oxygen atoms in total. The van der Waals surface area contributed by atoms with Gasteiger partial charge in [-0.1, -0.05) is 29.8 Å². The lowest BCUT2D eigenvalue weighted by Gasteiger charge is -2.30. The first-order chi connectivity index (χ1) is 16.3. The lowest BCUT2D eigenvalue weighted by Crippen LogP contribution is -2.38. The van der Waals surface area contributed by atoms with Gasteiger partial charge in [0.25, 0.3) is 5.91 Å². The fraction of sp³-hybridized carbons (Fsp3) is 0.304. The van der Waals surface area contributed by atoms with Gasteiger partial charge in [-0.3, -0.25) is 4.79 Å². The Hall–Kier alpha value is -2.05. The van der Waals surface area contributed by atoms with Crippen LogP contribution in [0.4, 0.5) is 0 Å². The minimum Gasteiger partial charge on any atom is -0.497 e. The molecule has 1 fully saturated rings. The molecule has 0 bridgehead atoms. The van der Waals surface area contributed by atoms with Crippen LogP contribution in [0.5, 0.6) is 5.75 Å². The van der Waals surface area contributed by atoms with Crippen LogP contribution >= 0.6 is 35.1 Å². The number of rotatable bonds is 7. The van der Waals surface area contributed by atoms with E-state index in [1.54, 1.807) is 48.4 Å². The van der Waals surface area contributed by atoms with Crippen molar-refractivity contribution in [2.45, 2.75) is 27.2 Å². The van der Waals surface area contributed by atoms with E-state index >= 15 is 0 Å². The van der Waals surface area contributed by atoms with E-state index < -0.39 is 16.2 Å². The van der Waals surface area contributed by atoms with Crippen LogP contribution in [0.2, 0.25) is 0 Å². The Morgan fingerprint density at radius 1 is 1.06 bits per heavy atom. The molecule has 0 N–H and O–H groups in total. The van der Waals surface area contributed by atoms with Crippen LogP contribution in [0.3, 0.4) is 0 Å². The van der Waals surface area contributed by atoms with Crippen LogP contribution in [0, 0.1) is 6.92 Å². The predicted octanol–water partition coefficient (Wildman–Crippen LogP) is 4.75. The van der Waals surface area contributed by atoms with E-state index in [2.05, 4.69) is 4.37 Å². The Kier molecular flexibility index (Phi) is 7.58. The minimum absolute atomic E-state index is 0.194. The summed E-state index contributed by atoms with van der Waals surface area (Å²) in [4.78, 5) is 15.7. The summed E-state index contributed by atoms with van der Waals surface area (Å²) < 4.78 is 39.3. The van der Waals surface area contributed by atoms with E-state index in [1.807, 2.05) is 31.6 Å². The van der Waals surface area contributed by atoms with Crippen LogP contribution in [-0.4, -0.2) is 60.6 Å². The molecule has 180 valence electrons. The normalized spacial score (nSPS) is 16.7. The number of hydrogen-bond donors (Lipinski definition) is 0. The SMILES string of the molecule is COc1ccc([C@@H]2N(C(=O)c3c(SC)nsc3SC)CCN2S(=O)(=O)c2ccc(C)cc2)cc1. The van der Waals surface area contributed by atoms with Gasteiger partial charge in [-0.25, -0.2) is 8.42 Å². The van der Waals surface area contributed by atoms with Crippen molar-refractivity contribution in [3.8, 4) is 5.75 Å². The van der Waals surface area contributed by atoms with Crippen LogP contribution in [0.1, 0.15) is 27.7 Å². The molecule has 0 unspecified atom stereocenters. The molecule has 0 spiro atoms. The molecule has 2 aromatic carbocycles. The molecule has 0 aliphatic carbocycles. The fourth-order valence-corrected chi connectivity index (χ4v) is 7.74. The lowest BCUT2D eigenvalue weighted by atomic mass is 10.1. The minimum atomic E-state index is -3.85. The molecule has 1 aromatic heterocycles. The van der Waals surface area contributed by atoms with E-state index in [1.165, 1.54) is 39.4 Å². The molecule has 0 radical (unpaired) electrons. The van der Waals surface area contributed by atoms with Gasteiger partial charge >= 0.3 is 0 Å². The third-order valence-electron chi connectivity index (χ3n) is 5.65. The highest BCUT2D eigenvalue weighted by atomic mass is 32.2. The van der Waals surface area contributed by atoms with Gasteiger partial charge in [-0.2, -0.15) is 8.68 Å². The zero-order valence-electron chi connectivity index (χ0n) is 19.2. The van der Waals surface area contributed by atoms with Crippen LogP contribution < -0.4 is 4.74 Å². The Balaban J connectivity index is 1.80. The number of thioether (sulfide) groups is 2. The number of benzene rings is 2.